The van der Waals surface area contributed by atoms with Crippen molar-refractivity contribution in [2.45, 2.75) is 6.92 Å². The van der Waals surface area contributed by atoms with Crippen LogP contribution in [0.4, 0.5) is 6.01 Å². The topological polar surface area (TPSA) is 68.0 Å². The first-order valence-corrected chi connectivity index (χ1v) is 8.45. The van der Waals surface area contributed by atoms with Crippen LogP contribution in [-0.2, 0) is 0 Å². The van der Waals surface area contributed by atoms with Crippen molar-refractivity contribution in [1.29, 1.82) is 0 Å². The number of thiazole rings is 1. The Morgan fingerprint density at radius 2 is 2.13 bits per heavy atom. The minimum Gasteiger partial charge on any atom is -0.421 e. The molecule has 0 aliphatic carbocycles. The van der Waals surface area contributed by atoms with Gasteiger partial charge in [0, 0.05) is 10.0 Å². The highest BCUT2D eigenvalue weighted by molar-refractivity contribution is 9.10. The molecular formula is C16H10BrN3O2S. The molecule has 0 aliphatic rings. The van der Waals surface area contributed by atoms with Gasteiger partial charge in [-0.15, -0.1) is 11.3 Å². The van der Waals surface area contributed by atoms with Crippen molar-refractivity contribution in [2.24, 2.45) is 0 Å². The van der Waals surface area contributed by atoms with Crippen molar-refractivity contribution >= 4 is 60.5 Å². The number of carbonyl (C=O) groups is 1. The molecule has 23 heavy (non-hydrogen) atoms. The summed E-state index contributed by atoms with van der Waals surface area (Å²) in [5.74, 6) is -0.274. The number of anilines is 1. The molecule has 4 rings (SSSR count). The zero-order chi connectivity index (χ0) is 16.0. The van der Waals surface area contributed by atoms with Gasteiger partial charge in [0.05, 0.1) is 9.71 Å². The van der Waals surface area contributed by atoms with Gasteiger partial charge in [0.15, 0.2) is 5.58 Å². The number of fused-ring (bicyclic) bond motifs is 3. The van der Waals surface area contributed by atoms with Crippen LogP contribution in [0.3, 0.4) is 0 Å². The lowest BCUT2D eigenvalue weighted by molar-refractivity contribution is 0.102. The standard InChI is InChI=1S/C16H10BrN3O2S/c1-8-18-13-12(23-8)6-5-11-14(13)22-16(19-11)20-15(21)9-3-2-4-10(17)7-9/h2-7H,1H3,(H,19,20,21). The second kappa shape index (κ2) is 5.43. The van der Waals surface area contributed by atoms with Gasteiger partial charge in [0.1, 0.15) is 11.0 Å². The minimum absolute atomic E-state index is 0.170. The number of carbonyl (C=O) groups excluding carboxylic acids is 1. The van der Waals surface area contributed by atoms with E-state index in [1.165, 1.54) is 0 Å². The van der Waals surface area contributed by atoms with Gasteiger partial charge in [-0.25, -0.2) is 4.98 Å². The fraction of sp³-hybridized carbons (Fsp3) is 0.0625. The SMILES string of the molecule is Cc1nc2c(ccc3nc(NC(=O)c4cccc(Br)c4)oc32)s1. The number of hydrogen-bond donors (Lipinski definition) is 1. The molecule has 0 fully saturated rings. The summed E-state index contributed by atoms with van der Waals surface area (Å²) in [6, 6.07) is 11.1. The molecule has 5 nitrogen and oxygen atoms in total. The highest BCUT2D eigenvalue weighted by atomic mass is 79.9. The van der Waals surface area contributed by atoms with Gasteiger partial charge in [0.25, 0.3) is 5.91 Å². The molecule has 0 radical (unpaired) electrons. The van der Waals surface area contributed by atoms with Crippen LogP contribution in [0.2, 0.25) is 0 Å². The third-order valence-electron chi connectivity index (χ3n) is 3.33. The molecule has 0 atom stereocenters. The zero-order valence-electron chi connectivity index (χ0n) is 12.0. The molecule has 2 heterocycles. The average Bonchev–Trinajstić information content (AvgIpc) is 3.08. The maximum absolute atomic E-state index is 12.3. The van der Waals surface area contributed by atoms with Gasteiger partial charge >= 0.3 is 6.01 Å². The monoisotopic (exact) mass is 387 g/mol. The molecular weight excluding hydrogens is 378 g/mol. The minimum atomic E-state index is -0.274. The maximum atomic E-state index is 12.3. The number of benzene rings is 2. The average molecular weight is 388 g/mol. The first-order valence-electron chi connectivity index (χ1n) is 6.84. The van der Waals surface area contributed by atoms with Crippen LogP contribution >= 0.6 is 27.3 Å². The van der Waals surface area contributed by atoms with Crippen LogP contribution in [0.25, 0.3) is 21.3 Å². The number of amides is 1. The highest BCUT2D eigenvalue weighted by Crippen LogP contribution is 2.30. The molecule has 7 heteroatoms. The lowest BCUT2D eigenvalue weighted by Crippen LogP contribution is -2.11. The van der Waals surface area contributed by atoms with E-state index >= 15 is 0 Å². The van der Waals surface area contributed by atoms with Gasteiger partial charge in [-0.2, -0.15) is 4.98 Å². The Bertz CT molecular complexity index is 1050. The van der Waals surface area contributed by atoms with Crippen molar-refractivity contribution < 1.29 is 9.21 Å². The Balaban J connectivity index is 1.72. The molecule has 4 aromatic rings. The molecule has 0 aliphatic heterocycles. The number of nitrogens with one attached hydrogen (secondary N) is 1. The molecule has 1 amide bonds. The smallest absolute Gasteiger partial charge is 0.302 e. The number of rotatable bonds is 2. The number of hydrogen-bond acceptors (Lipinski definition) is 5. The Morgan fingerprint density at radius 3 is 2.96 bits per heavy atom. The molecule has 0 spiro atoms. The normalized spacial score (nSPS) is 11.2. The van der Waals surface area contributed by atoms with Gasteiger partial charge in [-0.3, -0.25) is 10.1 Å². The van der Waals surface area contributed by atoms with Gasteiger partial charge in [0.2, 0.25) is 0 Å². The van der Waals surface area contributed by atoms with Crippen LogP contribution in [-0.4, -0.2) is 15.9 Å². The van der Waals surface area contributed by atoms with E-state index in [0.29, 0.717) is 16.7 Å². The summed E-state index contributed by atoms with van der Waals surface area (Å²) in [5, 5.41) is 3.65. The van der Waals surface area contributed by atoms with E-state index in [2.05, 4.69) is 31.2 Å². The third-order valence-corrected chi connectivity index (χ3v) is 4.76. The Labute approximate surface area is 143 Å². The van der Waals surface area contributed by atoms with E-state index < -0.39 is 0 Å². The summed E-state index contributed by atoms with van der Waals surface area (Å²) >= 11 is 4.94. The fourth-order valence-corrected chi connectivity index (χ4v) is 3.57. The summed E-state index contributed by atoms with van der Waals surface area (Å²) in [4.78, 5) is 21.0. The van der Waals surface area contributed by atoms with E-state index in [4.69, 9.17) is 4.42 Å². The summed E-state index contributed by atoms with van der Waals surface area (Å²) in [5.41, 5.74) is 2.57. The molecule has 1 N–H and O–H groups in total. The van der Waals surface area contributed by atoms with E-state index in [0.717, 1.165) is 19.7 Å². The summed E-state index contributed by atoms with van der Waals surface area (Å²) < 4.78 is 7.58. The first-order chi connectivity index (χ1) is 11.1. The molecule has 0 saturated heterocycles. The molecule has 114 valence electrons. The van der Waals surface area contributed by atoms with Crippen molar-refractivity contribution in [1.82, 2.24) is 9.97 Å². The molecule has 0 saturated carbocycles. The lowest BCUT2D eigenvalue weighted by Gasteiger charge is -2.00. The highest BCUT2D eigenvalue weighted by Gasteiger charge is 2.15. The Hall–Kier alpha value is -2.25. The van der Waals surface area contributed by atoms with Crippen LogP contribution in [0.5, 0.6) is 0 Å². The number of aromatic nitrogens is 2. The Kier molecular flexibility index (Phi) is 3.39. The molecule has 0 bridgehead atoms. The molecule has 2 aromatic heterocycles. The predicted molar refractivity (Wildman–Crippen MR) is 94.0 cm³/mol. The molecule has 2 aromatic carbocycles. The first kappa shape index (κ1) is 14.3. The van der Waals surface area contributed by atoms with E-state index in [1.54, 1.807) is 29.5 Å². The fourth-order valence-electron chi connectivity index (χ4n) is 2.34. The van der Waals surface area contributed by atoms with Gasteiger partial charge in [-0.05, 0) is 37.3 Å². The van der Waals surface area contributed by atoms with Crippen LogP contribution in [0.1, 0.15) is 15.4 Å². The second-order valence-electron chi connectivity index (χ2n) is 4.98. The molecule has 0 unspecified atom stereocenters. The summed E-state index contributed by atoms with van der Waals surface area (Å²) in [6.45, 7) is 1.95. The van der Waals surface area contributed by atoms with Gasteiger partial charge in [-0.1, -0.05) is 22.0 Å². The number of oxazole rings is 1. The number of nitrogens with zero attached hydrogens (tertiary/aromatic N) is 2. The van der Waals surface area contributed by atoms with Crippen LogP contribution < -0.4 is 5.32 Å². The maximum Gasteiger partial charge on any atom is 0.302 e. The number of aryl methyl sites for hydroxylation is 1. The lowest BCUT2D eigenvalue weighted by atomic mass is 10.2. The van der Waals surface area contributed by atoms with E-state index in [9.17, 15) is 4.79 Å². The number of halogens is 1. The van der Waals surface area contributed by atoms with Crippen molar-refractivity contribution in [3.8, 4) is 0 Å². The van der Waals surface area contributed by atoms with Crippen molar-refractivity contribution in [3.63, 3.8) is 0 Å². The third kappa shape index (κ3) is 2.62. The largest absolute Gasteiger partial charge is 0.421 e. The van der Waals surface area contributed by atoms with Crippen LogP contribution in [0, 0.1) is 6.92 Å². The quantitative estimate of drug-likeness (QED) is 0.538. The van der Waals surface area contributed by atoms with Crippen LogP contribution in [0.15, 0.2) is 45.3 Å². The van der Waals surface area contributed by atoms with E-state index in [-0.39, 0.29) is 11.9 Å². The van der Waals surface area contributed by atoms with Crippen molar-refractivity contribution in [2.75, 3.05) is 5.32 Å². The zero-order valence-corrected chi connectivity index (χ0v) is 14.4. The van der Waals surface area contributed by atoms with Crippen molar-refractivity contribution in [3.05, 3.63) is 51.4 Å². The predicted octanol–water partition coefficient (Wildman–Crippen LogP) is 4.76. The summed E-state index contributed by atoms with van der Waals surface area (Å²) in [7, 11) is 0. The Morgan fingerprint density at radius 1 is 1.26 bits per heavy atom. The van der Waals surface area contributed by atoms with Gasteiger partial charge < -0.3 is 4.42 Å². The van der Waals surface area contributed by atoms with E-state index in [1.807, 2.05) is 25.1 Å². The summed E-state index contributed by atoms with van der Waals surface area (Å²) in [6.07, 6.45) is 0. The second-order valence-corrected chi connectivity index (χ2v) is 7.13.